The van der Waals surface area contributed by atoms with Gasteiger partial charge in [-0.3, -0.25) is 0 Å². The zero-order valence-electron chi connectivity index (χ0n) is 11.5. The molecule has 0 bridgehead atoms. The van der Waals surface area contributed by atoms with Crippen LogP contribution in [0.15, 0.2) is 33.7 Å². The summed E-state index contributed by atoms with van der Waals surface area (Å²) in [6.45, 7) is 4.17. The van der Waals surface area contributed by atoms with Crippen LogP contribution in [0.25, 0.3) is 0 Å². The van der Waals surface area contributed by atoms with Crippen molar-refractivity contribution in [2.75, 3.05) is 7.05 Å². The van der Waals surface area contributed by atoms with E-state index >= 15 is 0 Å². The highest BCUT2D eigenvalue weighted by molar-refractivity contribution is 7.98. The maximum atomic E-state index is 5.18. The molecular weight excluding hydrogens is 258 g/mol. The van der Waals surface area contributed by atoms with E-state index in [1.807, 2.05) is 14.0 Å². The molecule has 2 rings (SSSR count). The topological polar surface area (TPSA) is 51.0 Å². The monoisotopic (exact) mass is 277 g/mol. The lowest BCUT2D eigenvalue weighted by Gasteiger charge is -2.11. The van der Waals surface area contributed by atoms with E-state index < -0.39 is 0 Å². The van der Waals surface area contributed by atoms with Gasteiger partial charge in [-0.25, -0.2) is 0 Å². The Morgan fingerprint density at radius 3 is 2.95 bits per heavy atom. The van der Waals surface area contributed by atoms with Gasteiger partial charge in [0.2, 0.25) is 5.89 Å². The van der Waals surface area contributed by atoms with Gasteiger partial charge in [-0.15, -0.1) is 11.8 Å². The zero-order valence-corrected chi connectivity index (χ0v) is 12.3. The van der Waals surface area contributed by atoms with Crippen molar-refractivity contribution in [3.05, 3.63) is 41.5 Å². The Kier molecular flexibility index (Phi) is 4.99. The van der Waals surface area contributed by atoms with E-state index in [1.54, 1.807) is 11.8 Å². The molecule has 0 radical (unpaired) electrons. The van der Waals surface area contributed by atoms with Crippen LogP contribution in [-0.2, 0) is 12.2 Å². The quantitative estimate of drug-likeness (QED) is 0.822. The molecule has 1 N–H and O–H groups in total. The average molecular weight is 277 g/mol. The second-order valence-corrected chi connectivity index (χ2v) is 5.38. The molecule has 1 aromatic heterocycles. The molecule has 0 saturated heterocycles. The summed E-state index contributed by atoms with van der Waals surface area (Å²) in [5.74, 6) is 2.17. The minimum Gasteiger partial charge on any atom is -0.338 e. The second kappa shape index (κ2) is 6.73. The first-order valence-electron chi connectivity index (χ1n) is 6.44. The molecule has 19 heavy (non-hydrogen) atoms. The summed E-state index contributed by atoms with van der Waals surface area (Å²) in [6, 6.07) is 8.87. The maximum absolute atomic E-state index is 5.18. The molecule has 1 aromatic carbocycles. The van der Waals surface area contributed by atoms with E-state index in [2.05, 4.69) is 46.6 Å². The van der Waals surface area contributed by atoms with Gasteiger partial charge in [0.05, 0.1) is 5.75 Å². The van der Waals surface area contributed by atoms with Crippen molar-refractivity contribution in [1.29, 1.82) is 0 Å². The third-order valence-electron chi connectivity index (χ3n) is 2.98. The highest BCUT2D eigenvalue weighted by Crippen LogP contribution is 2.25. The van der Waals surface area contributed by atoms with Crippen molar-refractivity contribution in [1.82, 2.24) is 15.5 Å². The fourth-order valence-electron chi connectivity index (χ4n) is 1.68. The van der Waals surface area contributed by atoms with Gasteiger partial charge in [0.1, 0.15) is 0 Å². The average Bonchev–Trinajstić information content (AvgIpc) is 2.92. The number of benzene rings is 1. The van der Waals surface area contributed by atoms with Crippen molar-refractivity contribution >= 4 is 11.8 Å². The molecule has 102 valence electrons. The molecule has 5 heteroatoms. The number of aryl methyl sites for hydroxylation is 1. The van der Waals surface area contributed by atoms with Gasteiger partial charge in [-0.05, 0) is 31.7 Å². The molecule has 0 spiro atoms. The summed E-state index contributed by atoms with van der Waals surface area (Å²) in [5.41, 5.74) is 1.28. The molecule has 1 unspecified atom stereocenters. The van der Waals surface area contributed by atoms with Gasteiger partial charge >= 0.3 is 0 Å². The highest BCUT2D eigenvalue weighted by Gasteiger charge is 2.07. The Morgan fingerprint density at radius 2 is 2.26 bits per heavy atom. The smallest absolute Gasteiger partial charge is 0.237 e. The second-order valence-electron chi connectivity index (χ2n) is 4.33. The van der Waals surface area contributed by atoms with Crippen LogP contribution in [0.2, 0.25) is 0 Å². The lowest BCUT2D eigenvalue weighted by atomic mass is 10.1. The summed E-state index contributed by atoms with van der Waals surface area (Å²) >= 11 is 1.72. The number of nitrogens with zero attached hydrogens (tertiary/aromatic N) is 2. The predicted molar refractivity (Wildman–Crippen MR) is 77.2 cm³/mol. The fourth-order valence-corrected chi connectivity index (χ4v) is 2.48. The molecule has 0 aliphatic heterocycles. The van der Waals surface area contributed by atoms with Gasteiger partial charge < -0.3 is 9.84 Å². The molecule has 2 aromatic rings. The van der Waals surface area contributed by atoms with Crippen molar-refractivity contribution in [2.45, 2.75) is 37.0 Å². The normalized spacial score (nSPS) is 12.6. The van der Waals surface area contributed by atoms with Crippen LogP contribution in [0.1, 0.15) is 37.2 Å². The minimum atomic E-state index is 0.357. The van der Waals surface area contributed by atoms with Gasteiger partial charge in [0.15, 0.2) is 5.82 Å². The number of nitrogens with one attached hydrogen (secondary N) is 1. The van der Waals surface area contributed by atoms with Crippen LogP contribution in [0.4, 0.5) is 0 Å². The van der Waals surface area contributed by atoms with Crippen LogP contribution in [0.5, 0.6) is 0 Å². The standard InChI is InChI=1S/C14H19N3OS/c1-4-13-16-14(18-17-13)9-19-12-7-5-6-11(8-12)10(2)15-3/h5-8,10,15H,4,9H2,1-3H3. The third kappa shape index (κ3) is 3.81. The van der Waals surface area contributed by atoms with Crippen LogP contribution >= 0.6 is 11.8 Å². The van der Waals surface area contributed by atoms with Crippen molar-refractivity contribution < 1.29 is 4.52 Å². The highest BCUT2D eigenvalue weighted by atomic mass is 32.2. The maximum Gasteiger partial charge on any atom is 0.237 e. The molecule has 0 fully saturated rings. The Labute approximate surface area is 118 Å². The lowest BCUT2D eigenvalue weighted by Crippen LogP contribution is -2.11. The minimum absolute atomic E-state index is 0.357. The number of thioether (sulfide) groups is 1. The summed E-state index contributed by atoms with van der Waals surface area (Å²) in [5, 5.41) is 7.14. The fraction of sp³-hybridized carbons (Fsp3) is 0.429. The number of hydrogen-bond acceptors (Lipinski definition) is 5. The summed E-state index contributed by atoms with van der Waals surface area (Å²) in [6.07, 6.45) is 0.809. The van der Waals surface area contributed by atoms with E-state index in [1.165, 1.54) is 10.5 Å². The summed E-state index contributed by atoms with van der Waals surface area (Å²) in [7, 11) is 1.97. The van der Waals surface area contributed by atoms with Crippen molar-refractivity contribution in [2.24, 2.45) is 0 Å². The predicted octanol–water partition coefficient (Wildman–Crippen LogP) is 3.20. The molecule has 1 atom stereocenters. The van der Waals surface area contributed by atoms with Gasteiger partial charge in [-0.2, -0.15) is 4.98 Å². The van der Waals surface area contributed by atoms with E-state index in [-0.39, 0.29) is 0 Å². The number of hydrogen-bond donors (Lipinski definition) is 1. The molecule has 0 aliphatic rings. The summed E-state index contributed by atoms with van der Waals surface area (Å²) in [4.78, 5) is 5.52. The molecule has 0 amide bonds. The Morgan fingerprint density at radius 1 is 1.42 bits per heavy atom. The third-order valence-corrected chi connectivity index (χ3v) is 3.96. The van der Waals surface area contributed by atoms with Crippen LogP contribution in [0, 0.1) is 0 Å². The Balaban J connectivity index is 1.99. The Bertz CT molecular complexity index is 527. The molecule has 4 nitrogen and oxygen atoms in total. The number of rotatable bonds is 6. The summed E-state index contributed by atoms with van der Waals surface area (Å²) < 4.78 is 5.18. The van der Waals surface area contributed by atoms with Gasteiger partial charge in [0.25, 0.3) is 0 Å². The largest absolute Gasteiger partial charge is 0.338 e. The van der Waals surface area contributed by atoms with E-state index in [0.29, 0.717) is 17.7 Å². The SMILES string of the molecule is CCc1noc(CSc2cccc(C(C)NC)c2)n1. The van der Waals surface area contributed by atoms with Crippen LogP contribution in [-0.4, -0.2) is 17.2 Å². The molecule has 0 saturated carbocycles. The lowest BCUT2D eigenvalue weighted by molar-refractivity contribution is 0.385. The van der Waals surface area contributed by atoms with Crippen molar-refractivity contribution in [3.8, 4) is 0 Å². The van der Waals surface area contributed by atoms with Gasteiger partial charge in [-0.1, -0.05) is 24.2 Å². The van der Waals surface area contributed by atoms with E-state index in [4.69, 9.17) is 4.52 Å². The van der Waals surface area contributed by atoms with Crippen LogP contribution in [0.3, 0.4) is 0 Å². The Hall–Kier alpha value is -1.33. The zero-order chi connectivity index (χ0) is 13.7. The first-order chi connectivity index (χ1) is 9.22. The first kappa shape index (κ1) is 14.1. The molecule has 0 aliphatic carbocycles. The molecular formula is C14H19N3OS. The first-order valence-corrected chi connectivity index (χ1v) is 7.43. The number of aromatic nitrogens is 2. The van der Waals surface area contributed by atoms with E-state index in [9.17, 15) is 0 Å². The van der Waals surface area contributed by atoms with Crippen molar-refractivity contribution in [3.63, 3.8) is 0 Å². The van der Waals surface area contributed by atoms with Gasteiger partial charge in [0, 0.05) is 17.4 Å². The van der Waals surface area contributed by atoms with Crippen LogP contribution < -0.4 is 5.32 Å². The van der Waals surface area contributed by atoms with E-state index in [0.717, 1.165) is 12.2 Å². The molecule has 1 heterocycles.